The van der Waals surface area contributed by atoms with Gasteiger partial charge in [-0.15, -0.1) is 0 Å². The van der Waals surface area contributed by atoms with Gasteiger partial charge >= 0.3 is 0 Å². The molecule has 1 aromatic rings. The van der Waals surface area contributed by atoms with E-state index in [0.29, 0.717) is 11.4 Å². The molecule has 100 valence electrons. The predicted octanol–water partition coefficient (Wildman–Crippen LogP) is 5.58. The number of rotatable bonds is 8. The molecule has 0 fully saturated rings. The highest BCUT2D eigenvalue weighted by molar-refractivity contribution is 6.31. The summed E-state index contributed by atoms with van der Waals surface area (Å²) in [6, 6.07) is 5.53. The van der Waals surface area contributed by atoms with E-state index in [1.165, 1.54) is 25.7 Å². The molecule has 0 atom stereocenters. The first-order valence-corrected chi connectivity index (χ1v) is 7.32. The number of aryl methyl sites for hydroxylation is 1. The monoisotopic (exact) mass is 266 g/mol. The molecule has 0 unspecified atom stereocenters. The Hall–Kier alpha value is -0.820. The van der Waals surface area contributed by atoms with Crippen molar-refractivity contribution in [2.75, 3.05) is 0 Å². The van der Waals surface area contributed by atoms with E-state index in [1.807, 2.05) is 19.1 Å². The van der Waals surface area contributed by atoms with Gasteiger partial charge < -0.3 is 0 Å². The Morgan fingerprint density at radius 1 is 1.11 bits per heavy atom. The lowest BCUT2D eigenvalue weighted by atomic mass is 10.00. The highest BCUT2D eigenvalue weighted by Gasteiger charge is 2.09. The van der Waals surface area contributed by atoms with Crippen molar-refractivity contribution in [3.8, 4) is 0 Å². The van der Waals surface area contributed by atoms with Gasteiger partial charge in [-0.3, -0.25) is 4.79 Å². The van der Waals surface area contributed by atoms with Gasteiger partial charge in [0.2, 0.25) is 0 Å². The molecular formula is C16H23ClO. The summed E-state index contributed by atoms with van der Waals surface area (Å²) in [6.45, 7) is 4.18. The van der Waals surface area contributed by atoms with Crippen molar-refractivity contribution >= 4 is 17.4 Å². The third-order valence-electron chi connectivity index (χ3n) is 3.26. The van der Waals surface area contributed by atoms with Crippen molar-refractivity contribution in [2.45, 2.75) is 58.8 Å². The zero-order valence-corrected chi connectivity index (χ0v) is 12.2. The molecule has 1 aromatic carbocycles. The van der Waals surface area contributed by atoms with Crippen LogP contribution >= 0.6 is 11.6 Å². The summed E-state index contributed by atoms with van der Waals surface area (Å²) < 4.78 is 0. The summed E-state index contributed by atoms with van der Waals surface area (Å²) in [5.41, 5.74) is 1.81. The maximum absolute atomic E-state index is 12.0. The van der Waals surface area contributed by atoms with Crippen LogP contribution in [0.15, 0.2) is 18.2 Å². The number of halogens is 1. The Labute approximate surface area is 116 Å². The van der Waals surface area contributed by atoms with Gasteiger partial charge in [-0.05, 0) is 31.0 Å². The molecule has 2 heteroatoms. The normalized spacial score (nSPS) is 10.6. The minimum absolute atomic E-state index is 0.227. The molecule has 1 rings (SSSR count). The molecule has 0 bridgehead atoms. The quantitative estimate of drug-likeness (QED) is 0.443. The molecular weight excluding hydrogens is 244 g/mol. The first-order valence-electron chi connectivity index (χ1n) is 6.94. The molecule has 0 heterocycles. The van der Waals surface area contributed by atoms with Gasteiger partial charge in [0.25, 0.3) is 0 Å². The first-order chi connectivity index (χ1) is 8.65. The number of hydrogen-bond acceptors (Lipinski definition) is 1. The zero-order valence-electron chi connectivity index (χ0n) is 11.5. The van der Waals surface area contributed by atoms with E-state index < -0.39 is 0 Å². The Morgan fingerprint density at radius 3 is 2.50 bits per heavy atom. The van der Waals surface area contributed by atoms with Gasteiger partial charge in [0.05, 0.1) is 0 Å². The van der Waals surface area contributed by atoms with E-state index in [0.717, 1.165) is 24.0 Å². The summed E-state index contributed by atoms with van der Waals surface area (Å²) >= 11 is 5.93. The fourth-order valence-corrected chi connectivity index (χ4v) is 2.27. The van der Waals surface area contributed by atoms with Gasteiger partial charge in [-0.2, -0.15) is 0 Å². The fraction of sp³-hybridized carbons (Fsp3) is 0.562. The van der Waals surface area contributed by atoms with Gasteiger partial charge in [-0.1, -0.05) is 56.7 Å². The van der Waals surface area contributed by atoms with Crippen molar-refractivity contribution < 1.29 is 4.79 Å². The SMILES string of the molecule is CCCCCCCCC(=O)c1cc(Cl)ccc1C. The summed E-state index contributed by atoms with van der Waals surface area (Å²) in [6.07, 6.45) is 7.91. The average molecular weight is 267 g/mol. The molecule has 0 saturated carbocycles. The number of unbranched alkanes of at least 4 members (excludes halogenated alkanes) is 5. The molecule has 0 radical (unpaired) electrons. The van der Waals surface area contributed by atoms with E-state index in [-0.39, 0.29) is 5.78 Å². The molecule has 0 spiro atoms. The number of carbonyl (C=O) groups is 1. The third kappa shape index (κ3) is 5.22. The van der Waals surface area contributed by atoms with E-state index in [9.17, 15) is 4.79 Å². The van der Waals surface area contributed by atoms with Crippen LogP contribution in [0.1, 0.15) is 67.8 Å². The maximum atomic E-state index is 12.0. The number of carbonyl (C=O) groups excluding carboxylic acids is 1. The topological polar surface area (TPSA) is 17.1 Å². The van der Waals surface area contributed by atoms with Crippen LogP contribution in [0.4, 0.5) is 0 Å². The lowest BCUT2D eigenvalue weighted by Crippen LogP contribution is -2.01. The Kier molecular flexibility index (Phi) is 7.04. The second kappa shape index (κ2) is 8.31. The largest absolute Gasteiger partial charge is 0.294 e. The highest BCUT2D eigenvalue weighted by Crippen LogP contribution is 2.18. The smallest absolute Gasteiger partial charge is 0.163 e. The summed E-state index contributed by atoms with van der Waals surface area (Å²) in [5, 5.41) is 0.645. The molecule has 0 aliphatic rings. The van der Waals surface area contributed by atoms with Crippen molar-refractivity contribution in [3.05, 3.63) is 34.3 Å². The molecule has 0 saturated heterocycles. The van der Waals surface area contributed by atoms with Crippen molar-refractivity contribution in [3.63, 3.8) is 0 Å². The van der Waals surface area contributed by atoms with E-state index in [2.05, 4.69) is 6.92 Å². The summed E-state index contributed by atoms with van der Waals surface area (Å²) in [4.78, 5) is 12.0. The number of Topliss-reactive ketones (excluding diaryl/α,β-unsaturated/α-hetero) is 1. The second-order valence-electron chi connectivity index (χ2n) is 4.90. The van der Waals surface area contributed by atoms with Crippen molar-refractivity contribution in [1.29, 1.82) is 0 Å². The average Bonchev–Trinajstić information content (AvgIpc) is 2.36. The first kappa shape index (κ1) is 15.2. The van der Waals surface area contributed by atoms with Crippen LogP contribution in [-0.2, 0) is 0 Å². The van der Waals surface area contributed by atoms with Crippen LogP contribution in [0.2, 0.25) is 5.02 Å². The van der Waals surface area contributed by atoms with E-state index >= 15 is 0 Å². The number of hydrogen-bond donors (Lipinski definition) is 0. The van der Waals surface area contributed by atoms with Crippen LogP contribution < -0.4 is 0 Å². The zero-order chi connectivity index (χ0) is 13.4. The second-order valence-corrected chi connectivity index (χ2v) is 5.34. The highest BCUT2D eigenvalue weighted by atomic mass is 35.5. The van der Waals surface area contributed by atoms with Crippen LogP contribution in [0.5, 0.6) is 0 Å². The van der Waals surface area contributed by atoms with Crippen LogP contribution in [0.3, 0.4) is 0 Å². The molecule has 0 N–H and O–H groups in total. The molecule has 0 aliphatic carbocycles. The molecule has 1 nitrogen and oxygen atoms in total. The van der Waals surface area contributed by atoms with Gasteiger partial charge in [0.1, 0.15) is 0 Å². The Balaban J connectivity index is 2.34. The fourth-order valence-electron chi connectivity index (χ4n) is 2.10. The molecule has 0 aromatic heterocycles. The maximum Gasteiger partial charge on any atom is 0.163 e. The van der Waals surface area contributed by atoms with Gasteiger partial charge in [-0.25, -0.2) is 0 Å². The van der Waals surface area contributed by atoms with Crippen LogP contribution in [0.25, 0.3) is 0 Å². The van der Waals surface area contributed by atoms with Crippen LogP contribution in [0, 0.1) is 6.92 Å². The standard InChI is InChI=1S/C16H23ClO/c1-3-4-5-6-7-8-9-16(18)15-12-14(17)11-10-13(15)2/h10-12H,3-9H2,1-2H3. The predicted molar refractivity (Wildman–Crippen MR) is 78.5 cm³/mol. The molecule has 0 aliphatic heterocycles. The van der Waals surface area contributed by atoms with E-state index in [4.69, 9.17) is 11.6 Å². The van der Waals surface area contributed by atoms with E-state index in [1.54, 1.807) is 6.07 Å². The third-order valence-corrected chi connectivity index (χ3v) is 3.49. The lowest BCUT2D eigenvalue weighted by Gasteiger charge is -2.05. The lowest BCUT2D eigenvalue weighted by molar-refractivity contribution is 0.0978. The Morgan fingerprint density at radius 2 is 1.78 bits per heavy atom. The van der Waals surface area contributed by atoms with Gasteiger partial charge in [0, 0.05) is 17.0 Å². The minimum Gasteiger partial charge on any atom is -0.294 e. The number of ketones is 1. The minimum atomic E-state index is 0.227. The van der Waals surface area contributed by atoms with Gasteiger partial charge in [0.15, 0.2) is 5.78 Å². The molecule has 18 heavy (non-hydrogen) atoms. The summed E-state index contributed by atoms with van der Waals surface area (Å²) in [7, 11) is 0. The van der Waals surface area contributed by atoms with Crippen molar-refractivity contribution in [2.24, 2.45) is 0 Å². The Bertz CT molecular complexity index is 385. The summed E-state index contributed by atoms with van der Waals surface area (Å²) in [5.74, 6) is 0.227. The van der Waals surface area contributed by atoms with Crippen molar-refractivity contribution in [1.82, 2.24) is 0 Å². The van der Waals surface area contributed by atoms with Crippen LogP contribution in [-0.4, -0.2) is 5.78 Å². The molecule has 0 amide bonds. The number of benzene rings is 1.